The van der Waals surface area contributed by atoms with E-state index in [1.807, 2.05) is 18.8 Å². The maximum absolute atomic E-state index is 3.18. The van der Waals surface area contributed by atoms with E-state index in [9.17, 15) is 0 Å². The molecule has 0 fully saturated rings. The Kier molecular flexibility index (Phi) is 3.90. The largest absolute Gasteiger partial charge is 0.316 e. The van der Waals surface area contributed by atoms with Gasteiger partial charge in [0, 0.05) is 17.2 Å². The van der Waals surface area contributed by atoms with Crippen molar-refractivity contribution in [1.82, 2.24) is 5.32 Å². The Morgan fingerprint density at radius 3 is 2.63 bits per heavy atom. The molecule has 2 heteroatoms. The molecule has 0 saturated carbocycles. The zero-order chi connectivity index (χ0) is 13.1. The summed E-state index contributed by atoms with van der Waals surface area (Å²) in [6.45, 7) is 0.945. The molecule has 0 radical (unpaired) electrons. The fraction of sp³-hybridized carbons (Fsp3) is 0.294. The van der Waals surface area contributed by atoms with Crippen LogP contribution in [-0.4, -0.2) is 12.8 Å². The number of hydrogen-bond acceptors (Lipinski definition) is 2. The van der Waals surface area contributed by atoms with Crippen LogP contribution in [0.1, 0.15) is 22.6 Å². The fourth-order valence-electron chi connectivity index (χ4n) is 2.62. The highest BCUT2D eigenvalue weighted by molar-refractivity contribution is 7.99. The Labute approximate surface area is 119 Å². The smallest absolute Gasteiger partial charge is 0.0202 e. The van der Waals surface area contributed by atoms with E-state index >= 15 is 0 Å². The number of rotatable bonds is 5. The molecule has 3 rings (SSSR count). The van der Waals surface area contributed by atoms with Gasteiger partial charge in [-0.2, -0.15) is 0 Å². The van der Waals surface area contributed by atoms with Crippen molar-refractivity contribution in [3.63, 3.8) is 0 Å². The Morgan fingerprint density at radius 2 is 1.89 bits per heavy atom. The molecule has 0 bridgehead atoms. The van der Waals surface area contributed by atoms with E-state index in [0.717, 1.165) is 12.5 Å². The normalized spacial score (nSPS) is 16.8. The van der Waals surface area contributed by atoms with Gasteiger partial charge in [-0.1, -0.05) is 36.4 Å². The first kappa shape index (κ1) is 12.8. The summed E-state index contributed by atoms with van der Waals surface area (Å²) in [6.07, 6.45) is 1.25. The summed E-state index contributed by atoms with van der Waals surface area (Å²) in [6, 6.07) is 17.7. The van der Waals surface area contributed by atoms with Crippen LogP contribution in [0, 0.1) is 0 Å². The van der Waals surface area contributed by atoms with E-state index in [4.69, 9.17) is 0 Å². The Balaban J connectivity index is 1.56. The second kappa shape index (κ2) is 5.81. The maximum Gasteiger partial charge on any atom is 0.0202 e. The number of fused-ring (bicyclic) bond motifs is 1. The Hall–Kier alpha value is -1.25. The quantitative estimate of drug-likeness (QED) is 0.828. The van der Waals surface area contributed by atoms with Gasteiger partial charge in [0.1, 0.15) is 0 Å². The first-order chi connectivity index (χ1) is 9.36. The van der Waals surface area contributed by atoms with Crippen molar-refractivity contribution in [3.05, 3.63) is 65.2 Å². The fourth-order valence-corrected chi connectivity index (χ4v) is 3.64. The van der Waals surface area contributed by atoms with Gasteiger partial charge >= 0.3 is 0 Å². The van der Waals surface area contributed by atoms with Crippen molar-refractivity contribution in [3.8, 4) is 0 Å². The monoisotopic (exact) mass is 269 g/mol. The van der Waals surface area contributed by atoms with Gasteiger partial charge in [0.05, 0.1) is 0 Å². The molecule has 0 aromatic heterocycles. The van der Waals surface area contributed by atoms with E-state index in [0.29, 0.717) is 0 Å². The first-order valence-corrected chi connectivity index (χ1v) is 7.79. The predicted octanol–water partition coefficient (Wildman–Crippen LogP) is 3.84. The lowest BCUT2D eigenvalue weighted by Crippen LogP contribution is -2.18. The number of hydrogen-bond donors (Lipinski definition) is 1. The molecule has 98 valence electrons. The van der Waals surface area contributed by atoms with Gasteiger partial charge in [0.2, 0.25) is 0 Å². The van der Waals surface area contributed by atoms with Crippen LogP contribution in [-0.2, 0) is 13.0 Å². The first-order valence-electron chi connectivity index (χ1n) is 6.81. The Morgan fingerprint density at radius 1 is 1.11 bits per heavy atom. The van der Waals surface area contributed by atoms with Gasteiger partial charge in [-0.15, -0.1) is 11.8 Å². The van der Waals surface area contributed by atoms with Crippen LogP contribution in [0.5, 0.6) is 0 Å². The van der Waals surface area contributed by atoms with E-state index in [1.54, 1.807) is 5.56 Å². The topological polar surface area (TPSA) is 12.0 Å². The molecule has 0 saturated heterocycles. The van der Waals surface area contributed by atoms with Gasteiger partial charge in [-0.25, -0.2) is 0 Å². The number of nitrogens with one attached hydrogen (secondary N) is 1. The minimum atomic E-state index is 0.748. The summed E-state index contributed by atoms with van der Waals surface area (Å²) in [4.78, 5) is 1.38. The number of benzene rings is 2. The lowest BCUT2D eigenvalue weighted by Gasteiger charge is -2.29. The molecule has 19 heavy (non-hydrogen) atoms. The van der Waals surface area contributed by atoms with Crippen molar-refractivity contribution in [2.24, 2.45) is 0 Å². The molecular formula is C17H19NS. The van der Waals surface area contributed by atoms with Crippen molar-refractivity contribution in [2.45, 2.75) is 23.8 Å². The van der Waals surface area contributed by atoms with E-state index < -0.39 is 0 Å². The zero-order valence-electron chi connectivity index (χ0n) is 11.2. The molecule has 0 amide bonds. The summed E-state index contributed by atoms with van der Waals surface area (Å²) < 4.78 is 0. The molecule has 0 aliphatic heterocycles. The molecule has 0 spiro atoms. The van der Waals surface area contributed by atoms with Crippen molar-refractivity contribution < 1.29 is 0 Å². The SMILES string of the molecule is CNCc1ccc(SCC2Cc3ccccc32)cc1. The van der Waals surface area contributed by atoms with E-state index in [-0.39, 0.29) is 0 Å². The average molecular weight is 269 g/mol. The molecule has 1 atom stereocenters. The summed E-state index contributed by atoms with van der Waals surface area (Å²) in [5.74, 6) is 1.95. The molecule has 1 unspecified atom stereocenters. The summed E-state index contributed by atoms with van der Waals surface area (Å²) >= 11 is 1.97. The summed E-state index contributed by atoms with van der Waals surface area (Å²) in [5, 5.41) is 3.18. The van der Waals surface area contributed by atoms with Gasteiger partial charge in [0.25, 0.3) is 0 Å². The average Bonchev–Trinajstić information content (AvgIpc) is 2.42. The molecule has 1 aliphatic rings. The van der Waals surface area contributed by atoms with Crippen molar-refractivity contribution in [1.29, 1.82) is 0 Å². The van der Waals surface area contributed by atoms with Gasteiger partial charge < -0.3 is 5.32 Å². The lowest BCUT2D eigenvalue weighted by atomic mass is 9.79. The van der Waals surface area contributed by atoms with Crippen LogP contribution in [0.2, 0.25) is 0 Å². The van der Waals surface area contributed by atoms with E-state index in [1.165, 1.54) is 28.2 Å². The van der Waals surface area contributed by atoms with Crippen molar-refractivity contribution in [2.75, 3.05) is 12.8 Å². The summed E-state index contributed by atoms with van der Waals surface area (Å²) in [5.41, 5.74) is 4.44. The lowest BCUT2D eigenvalue weighted by molar-refractivity contribution is 0.677. The second-order valence-electron chi connectivity index (χ2n) is 5.09. The molecule has 1 N–H and O–H groups in total. The molecular weight excluding hydrogens is 250 g/mol. The standard InChI is InChI=1S/C17H19NS/c1-18-11-13-6-8-16(9-7-13)19-12-15-10-14-4-2-3-5-17(14)15/h2-9,15,18H,10-12H2,1H3. The van der Waals surface area contributed by atoms with Crippen LogP contribution in [0.3, 0.4) is 0 Å². The minimum Gasteiger partial charge on any atom is -0.316 e. The molecule has 1 nitrogen and oxygen atoms in total. The van der Waals surface area contributed by atoms with Crippen LogP contribution in [0.25, 0.3) is 0 Å². The van der Waals surface area contributed by atoms with Crippen molar-refractivity contribution >= 4 is 11.8 Å². The molecule has 2 aromatic carbocycles. The third kappa shape index (κ3) is 2.85. The Bertz CT molecular complexity index is 547. The molecule has 0 heterocycles. The highest BCUT2D eigenvalue weighted by Gasteiger charge is 2.24. The molecule has 1 aliphatic carbocycles. The number of thioether (sulfide) groups is 1. The van der Waals surface area contributed by atoms with Crippen LogP contribution in [0.4, 0.5) is 0 Å². The minimum absolute atomic E-state index is 0.748. The van der Waals surface area contributed by atoms with Gasteiger partial charge in [0.15, 0.2) is 0 Å². The third-order valence-corrected chi connectivity index (χ3v) is 4.89. The predicted molar refractivity (Wildman–Crippen MR) is 82.8 cm³/mol. The molecule has 2 aromatic rings. The van der Waals surface area contributed by atoms with Gasteiger partial charge in [-0.05, 0) is 48.2 Å². The highest BCUT2D eigenvalue weighted by atomic mass is 32.2. The summed E-state index contributed by atoms with van der Waals surface area (Å²) in [7, 11) is 1.98. The second-order valence-corrected chi connectivity index (χ2v) is 6.18. The highest BCUT2D eigenvalue weighted by Crippen LogP contribution is 2.38. The van der Waals surface area contributed by atoms with Gasteiger partial charge in [-0.3, -0.25) is 0 Å². The van der Waals surface area contributed by atoms with Crippen LogP contribution >= 0.6 is 11.8 Å². The van der Waals surface area contributed by atoms with E-state index in [2.05, 4.69) is 53.8 Å². The van der Waals surface area contributed by atoms with Crippen LogP contribution in [0.15, 0.2) is 53.4 Å². The zero-order valence-corrected chi connectivity index (χ0v) is 12.0. The maximum atomic E-state index is 3.18. The van der Waals surface area contributed by atoms with Crippen LogP contribution < -0.4 is 5.32 Å². The third-order valence-electron chi connectivity index (χ3n) is 3.72.